The summed E-state index contributed by atoms with van der Waals surface area (Å²) >= 11 is 0. The Balaban J connectivity index is 1.54. The molecule has 0 spiro atoms. The number of hydrogen-bond donors (Lipinski definition) is 0. The van der Waals surface area contributed by atoms with Crippen molar-refractivity contribution in [3.05, 3.63) is 48.0 Å². The van der Waals surface area contributed by atoms with Crippen LogP contribution in [-0.2, 0) is 4.79 Å². The van der Waals surface area contributed by atoms with Gasteiger partial charge in [-0.1, -0.05) is 36.4 Å². The number of carbonyl (C=O) groups is 2. The summed E-state index contributed by atoms with van der Waals surface area (Å²) in [5.74, 6) is 0.259. The van der Waals surface area contributed by atoms with E-state index in [9.17, 15) is 9.59 Å². The minimum Gasteiger partial charge on any atom is -0.342 e. The number of nitrogens with zero attached hydrogens (tertiary/aromatic N) is 2. The molecule has 2 saturated heterocycles. The Morgan fingerprint density at radius 3 is 2.40 bits per heavy atom. The van der Waals surface area contributed by atoms with Crippen LogP contribution in [-0.4, -0.2) is 47.8 Å². The van der Waals surface area contributed by atoms with Gasteiger partial charge in [-0.25, -0.2) is 0 Å². The van der Waals surface area contributed by atoms with Gasteiger partial charge in [-0.3, -0.25) is 9.59 Å². The Kier molecular flexibility index (Phi) is 4.43. The number of piperidine rings is 1. The SMILES string of the molecule is O=C(c1cccc2ccccc12)N1CCCC(C(=O)N2CCCC2)C1. The molecule has 0 aliphatic carbocycles. The zero-order valence-corrected chi connectivity index (χ0v) is 14.5. The van der Waals surface area contributed by atoms with Crippen molar-refractivity contribution >= 4 is 22.6 Å². The van der Waals surface area contributed by atoms with Crippen LogP contribution in [0.15, 0.2) is 42.5 Å². The summed E-state index contributed by atoms with van der Waals surface area (Å²) in [5, 5.41) is 2.07. The summed E-state index contributed by atoms with van der Waals surface area (Å²) in [7, 11) is 0. The molecule has 0 N–H and O–H groups in total. The summed E-state index contributed by atoms with van der Waals surface area (Å²) in [6.07, 6.45) is 4.02. The lowest BCUT2D eigenvalue weighted by atomic mass is 9.95. The molecule has 2 heterocycles. The molecular weight excluding hydrogens is 312 g/mol. The van der Waals surface area contributed by atoms with E-state index >= 15 is 0 Å². The number of rotatable bonds is 2. The minimum atomic E-state index is -0.0363. The predicted octanol–water partition coefficient (Wildman–Crippen LogP) is 3.31. The first-order valence-electron chi connectivity index (χ1n) is 9.30. The van der Waals surface area contributed by atoms with Gasteiger partial charge in [0.25, 0.3) is 5.91 Å². The van der Waals surface area contributed by atoms with Crippen molar-refractivity contribution in [2.24, 2.45) is 5.92 Å². The molecule has 2 aliphatic rings. The molecule has 0 bridgehead atoms. The maximum Gasteiger partial charge on any atom is 0.254 e. The molecule has 25 heavy (non-hydrogen) atoms. The highest BCUT2D eigenvalue weighted by Crippen LogP contribution is 2.25. The van der Waals surface area contributed by atoms with E-state index in [1.165, 1.54) is 0 Å². The van der Waals surface area contributed by atoms with E-state index in [4.69, 9.17) is 0 Å². The van der Waals surface area contributed by atoms with Crippen LogP contribution in [0, 0.1) is 5.92 Å². The second-order valence-electron chi connectivity index (χ2n) is 7.15. The van der Waals surface area contributed by atoms with Gasteiger partial charge in [0, 0.05) is 31.7 Å². The minimum absolute atomic E-state index is 0.0363. The Hall–Kier alpha value is -2.36. The first kappa shape index (κ1) is 16.1. The molecule has 2 aromatic carbocycles. The lowest BCUT2D eigenvalue weighted by Gasteiger charge is -2.34. The van der Waals surface area contributed by atoms with Crippen LogP contribution < -0.4 is 0 Å². The number of likely N-dealkylation sites (tertiary alicyclic amines) is 2. The van der Waals surface area contributed by atoms with Gasteiger partial charge in [0.05, 0.1) is 5.92 Å². The second-order valence-corrected chi connectivity index (χ2v) is 7.15. The fourth-order valence-corrected chi connectivity index (χ4v) is 4.14. The zero-order chi connectivity index (χ0) is 17.2. The Bertz CT molecular complexity index is 790. The van der Waals surface area contributed by atoms with Crippen molar-refractivity contribution in [3.8, 4) is 0 Å². The maximum atomic E-state index is 13.1. The van der Waals surface area contributed by atoms with Crippen LogP contribution in [0.25, 0.3) is 10.8 Å². The van der Waals surface area contributed by atoms with Crippen LogP contribution >= 0.6 is 0 Å². The number of carbonyl (C=O) groups excluding carboxylic acids is 2. The van der Waals surface area contributed by atoms with Crippen LogP contribution in [0.2, 0.25) is 0 Å². The molecule has 2 aliphatic heterocycles. The van der Waals surface area contributed by atoms with Crippen molar-refractivity contribution < 1.29 is 9.59 Å². The number of fused-ring (bicyclic) bond motifs is 1. The van der Waals surface area contributed by atoms with Gasteiger partial charge in [0.1, 0.15) is 0 Å². The normalized spacial score (nSPS) is 20.9. The fraction of sp³-hybridized carbons (Fsp3) is 0.429. The molecular formula is C21H24N2O2. The quantitative estimate of drug-likeness (QED) is 0.844. The van der Waals surface area contributed by atoms with Crippen LogP contribution in [0.5, 0.6) is 0 Å². The number of hydrogen-bond acceptors (Lipinski definition) is 2. The topological polar surface area (TPSA) is 40.6 Å². The van der Waals surface area contributed by atoms with Gasteiger partial charge in [-0.15, -0.1) is 0 Å². The standard InChI is InChI=1S/C21H24N2O2/c24-20(22-12-3-4-13-22)17-9-6-14-23(15-17)21(25)19-11-5-8-16-7-1-2-10-18(16)19/h1-2,5,7-8,10-11,17H,3-4,6,9,12-15H2. The highest BCUT2D eigenvalue weighted by atomic mass is 16.2. The van der Waals surface area contributed by atoms with E-state index in [0.717, 1.165) is 61.7 Å². The van der Waals surface area contributed by atoms with E-state index in [2.05, 4.69) is 0 Å². The van der Waals surface area contributed by atoms with E-state index in [1.54, 1.807) is 0 Å². The van der Waals surface area contributed by atoms with Gasteiger partial charge < -0.3 is 9.80 Å². The largest absolute Gasteiger partial charge is 0.342 e. The molecule has 4 rings (SSSR count). The smallest absolute Gasteiger partial charge is 0.254 e. The molecule has 0 saturated carbocycles. The summed E-state index contributed by atoms with van der Waals surface area (Å²) < 4.78 is 0. The fourth-order valence-electron chi connectivity index (χ4n) is 4.14. The van der Waals surface area contributed by atoms with Crippen LogP contribution in [0.3, 0.4) is 0 Å². The first-order chi connectivity index (χ1) is 12.2. The lowest BCUT2D eigenvalue weighted by Crippen LogP contribution is -2.46. The Morgan fingerprint density at radius 2 is 1.56 bits per heavy atom. The summed E-state index contributed by atoms with van der Waals surface area (Å²) in [4.78, 5) is 29.7. The van der Waals surface area contributed by atoms with Gasteiger partial charge in [-0.2, -0.15) is 0 Å². The zero-order valence-electron chi connectivity index (χ0n) is 14.5. The molecule has 1 unspecified atom stereocenters. The van der Waals surface area contributed by atoms with Crippen molar-refractivity contribution in [2.75, 3.05) is 26.2 Å². The van der Waals surface area contributed by atoms with Gasteiger partial charge in [-0.05, 0) is 42.5 Å². The summed E-state index contributed by atoms with van der Waals surface area (Å²) in [5.41, 5.74) is 0.743. The molecule has 0 radical (unpaired) electrons. The third-order valence-electron chi connectivity index (χ3n) is 5.50. The highest BCUT2D eigenvalue weighted by molar-refractivity contribution is 6.07. The van der Waals surface area contributed by atoms with Crippen molar-refractivity contribution in [3.63, 3.8) is 0 Å². The average molecular weight is 336 g/mol. The van der Waals surface area contributed by atoms with E-state index < -0.39 is 0 Å². The molecule has 2 aromatic rings. The Morgan fingerprint density at radius 1 is 0.840 bits per heavy atom. The van der Waals surface area contributed by atoms with E-state index in [0.29, 0.717) is 6.54 Å². The van der Waals surface area contributed by atoms with Gasteiger partial charge in [0.2, 0.25) is 5.91 Å². The van der Waals surface area contributed by atoms with Gasteiger partial charge >= 0.3 is 0 Å². The maximum absolute atomic E-state index is 13.1. The molecule has 2 amide bonds. The monoisotopic (exact) mass is 336 g/mol. The second kappa shape index (κ2) is 6.87. The molecule has 4 heteroatoms. The molecule has 0 aromatic heterocycles. The summed E-state index contributed by atoms with van der Waals surface area (Å²) in [6, 6.07) is 13.9. The predicted molar refractivity (Wildman–Crippen MR) is 98.4 cm³/mol. The highest BCUT2D eigenvalue weighted by Gasteiger charge is 2.32. The number of amides is 2. The first-order valence-corrected chi connectivity index (χ1v) is 9.30. The van der Waals surface area contributed by atoms with Crippen molar-refractivity contribution in [1.82, 2.24) is 9.80 Å². The summed E-state index contributed by atoms with van der Waals surface area (Å²) in [6.45, 7) is 3.06. The van der Waals surface area contributed by atoms with Crippen LogP contribution in [0.4, 0.5) is 0 Å². The van der Waals surface area contributed by atoms with Crippen molar-refractivity contribution in [1.29, 1.82) is 0 Å². The molecule has 130 valence electrons. The van der Waals surface area contributed by atoms with E-state index in [1.807, 2.05) is 52.3 Å². The molecule has 1 atom stereocenters. The lowest BCUT2D eigenvalue weighted by molar-refractivity contribution is -0.135. The third-order valence-corrected chi connectivity index (χ3v) is 5.50. The third kappa shape index (κ3) is 3.13. The number of benzene rings is 2. The van der Waals surface area contributed by atoms with Crippen LogP contribution in [0.1, 0.15) is 36.0 Å². The average Bonchev–Trinajstić information content (AvgIpc) is 3.21. The van der Waals surface area contributed by atoms with Gasteiger partial charge in [0.15, 0.2) is 0 Å². The molecule has 4 nitrogen and oxygen atoms in total. The van der Waals surface area contributed by atoms with Crippen molar-refractivity contribution in [2.45, 2.75) is 25.7 Å². The molecule has 2 fully saturated rings. The van der Waals surface area contributed by atoms with E-state index in [-0.39, 0.29) is 17.7 Å². The Labute approximate surface area is 148 Å².